The summed E-state index contributed by atoms with van der Waals surface area (Å²) in [6.07, 6.45) is 2.58. The molecule has 0 saturated heterocycles. The van der Waals surface area contributed by atoms with Crippen LogP contribution in [-0.2, 0) is 6.42 Å². The number of nitrogens with zero attached hydrogens (tertiary/aromatic N) is 1. The molecule has 0 aliphatic carbocycles. The lowest BCUT2D eigenvalue weighted by Crippen LogP contribution is -2.35. The highest BCUT2D eigenvalue weighted by Crippen LogP contribution is 2.31. The molecule has 4 rings (SSSR count). The highest BCUT2D eigenvalue weighted by atomic mass is 16.1. The maximum Gasteiger partial charge on any atom is 0.252 e. The summed E-state index contributed by atoms with van der Waals surface area (Å²) in [6.45, 7) is 0. The molecule has 22 heavy (non-hydrogen) atoms. The second kappa shape index (κ2) is 5.15. The number of rotatable bonds is 2. The van der Waals surface area contributed by atoms with Crippen molar-refractivity contribution in [1.29, 1.82) is 0 Å². The summed E-state index contributed by atoms with van der Waals surface area (Å²) >= 11 is 0. The first-order valence-electron chi connectivity index (χ1n) is 7.30. The van der Waals surface area contributed by atoms with E-state index in [0.717, 1.165) is 34.4 Å². The van der Waals surface area contributed by atoms with Crippen LogP contribution in [0.2, 0.25) is 0 Å². The van der Waals surface area contributed by atoms with E-state index in [4.69, 9.17) is 0 Å². The second-order valence-corrected chi connectivity index (χ2v) is 5.45. The maximum absolute atomic E-state index is 12.3. The summed E-state index contributed by atoms with van der Waals surface area (Å²) in [4.78, 5) is 12.3. The van der Waals surface area contributed by atoms with Crippen LogP contribution in [0.25, 0.3) is 11.1 Å². The first-order valence-corrected chi connectivity index (χ1v) is 7.30. The predicted molar refractivity (Wildman–Crippen MR) is 84.4 cm³/mol. The first kappa shape index (κ1) is 12.8. The normalized spacial score (nSPS) is 16.9. The Hall–Kier alpha value is -2.88. The molecule has 1 aliphatic heterocycles. The van der Waals surface area contributed by atoms with Gasteiger partial charge in [0.15, 0.2) is 0 Å². The standard InChI is InChI=1S/C18H15N3O/c22-18-14-9-5-4-8-13(14)10-16(20-18)17-15(11-19-21-17)12-6-2-1-3-7-12/h1-9,11,16H,10H2,(H,19,21)(H,20,22). The van der Waals surface area contributed by atoms with Gasteiger partial charge in [-0.1, -0.05) is 48.5 Å². The first-order chi connectivity index (χ1) is 10.8. The molecule has 1 atom stereocenters. The Morgan fingerprint density at radius 2 is 1.73 bits per heavy atom. The molecule has 0 fully saturated rings. The summed E-state index contributed by atoms with van der Waals surface area (Å²) in [6, 6.07) is 17.7. The average molecular weight is 289 g/mol. The van der Waals surface area contributed by atoms with E-state index in [1.54, 1.807) is 0 Å². The molecule has 0 spiro atoms. The molecule has 4 heteroatoms. The zero-order valence-electron chi connectivity index (χ0n) is 11.9. The Morgan fingerprint density at radius 1 is 0.955 bits per heavy atom. The number of hydrogen-bond donors (Lipinski definition) is 2. The molecule has 2 N–H and O–H groups in total. The molecule has 0 bridgehead atoms. The number of H-pyrrole nitrogens is 1. The van der Waals surface area contributed by atoms with Crippen molar-refractivity contribution in [1.82, 2.24) is 15.5 Å². The third-order valence-electron chi connectivity index (χ3n) is 4.09. The van der Waals surface area contributed by atoms with Crippen LogP contribution in [0.15, 0.2) is 60.8 Å². The summed E-state index contributed by atoms with van der Waals surface area (Å²) in [5, 5.41) is 10.3. The van der Waals surface area contributed by atoms with Crippen LogP contribution in [0.4, 0.5) is 0 Å². The lowest BCUT2D eigenvalue weighted by Gasteiger charge is -2.25. The van der Waals surface area contributed by atoms with Crippen molar-refractivity contribution in [2.45, 2.75) is 12.5 Å². The highest BCUT2D eigenvalue weighted by Gasteiger charge is 2.27. The van der Waals surface area contributed by atoms with E-state index in [9.17, 15) is 4.79 Å². The van der Waals surface area contributed by atoms with Crippen molar-refractivity contribution in [3.8, 4) is 11.1 Å². The van der Waals surface area contributed by atoms with Gasteiger partial charge in [0.05, 0.1) is 17.9 Å². The van der Waals surface area contributed by atoms with Crippen molar-refractivity contribution in [2.75, 3.05) is 0 Å². The van der Waals surface area contributed by atoms with Gasteiger partial charge in [-0.25, -0.2) is 0 Å². The van der Waals surface area contributed by atoms with Gasteiger partial charge in [-0.05, 0) is 23.6 Å². The smallest absolute Gasteiger partial charge is 0.252 e. The fourth-order valence-electron chi connectivity index (χ4n) is 3.01. The summed E-state index contributed by atoms with van der Waals surface area (Å²) in [5.74, 6) is -0.0274. The lowest BCUT2D eigenvalue weighted by molar-refractivity contribution is 0.0924. The molecular formula is C18H15N3O. The number of amides is 1. The van der Waals surface area contributed by atoms with Crippen molar-refractivity contribution >= 4 is 5.91 Å². The van der Waals surface area contributed by atoms with Gasteiger partial charge in [-0.3, -0.25) is 9.89 Å². The van der Waals surface area contributed by atoms with Crippen LogP contribution < -0.4 is 5.32 Å². The van der Waals surface area contributed by atoms with Gasteiger partial charge in [-0.2, -0.15) is 5.10 Å². The molecule has 108 valence electrons. The van der Waals surface area contributed by atoms with E-state index in [1.807, 2.05) is 60.8 Å². The zero-order chi connectivity index (χ0) is 14.9. The van der Waals surface area contributed by atoms with Crippen molar-refractivity contribution in [3.05, 3.63) is 77.6 Å². The molecule has 0 saturated carbocycles. The van der Waals surface area contributed by atoms with E-state index < -0.39 is 0 Å². The van der Waals surface area contributed by atoms with Crippen LogP contribution in [-0.4, -0.2) is 16.1 Å². The molecule has 1 amide bonds. The number of carbonyl (C=O) groups excluding carboxylic acids is 1. The molecule has 1 unspecified atom stereocenters. The Morgan fingerprint density at radius 3 is 2.59 bits per heavy atom. The number of nitrogens with one attached hydrogen (secondary N) is 2. The minimum atomic E-state index is -0.0832. The minimum absolute atomic E-state index is 0.0274. The van der Waals surface area contributed by atoms with Gasteiger partial charge in [0, 0.05) is 11.1 Å². The van der Waals surface area contributed by atoms with Crippen LogP contribution in [0, 0.1) is 0 Å². The topological polar surface area (TPSA) is 57.8 Å². The molecule has 0 radical (unpaired) electrons. The van der Waals surface area contributed by atoms with Crippen LogP contribution >= 0.6 is 0 Å². The van der Waals surface area contributed by atoms with Crippen molar-refractivity contribution < 1.29 is 4.79 Å². The molecular weight excluding hydrogens is 274 g/mol. The van der Waals surface area contributed by atoms with E-state index in [0.29, 0.717) is 0 Å². The second-order valence-electron chi connectivity index (χ2n) is 5.45. The molecule has 1 aliphatic rings. The van der Waals surface area contributed by atoms with E-state index >= 15 is 0 Å². The van der Waals surface area contributed by atoms with E-state index in [-0.39, 0.29) is 11.9 Å². The number of aromatic amines is 1. The maximum atomic E-state index is 12.3. The van der Waals surface area contributed by atoms with Gasteiger partial charge in [0.2, 0.25) is 0 Å². The minimum Gasteiger partial charge on any atom is -0.343 e. The Bertz CT molecular complexity index is 823. The fourth-order valence-corrected chi connectivity index (χ4v) is 3.01. The summed E-state index contributed by atoms with van der Waals surface area (Å²) in [7, 11) is 0. The van der Waals surface area contributed by atoms with Gasteiger partial charge in [-0.15, -0.1) is 0 Å². The monoisotopic (exact) mass is 289 g/mol. The Kier molecular flexibility index (Phi) is 3.00. The molecule has 4 nitrogen and oxygen atoms in total. The predicted octanol–water partition coefficient (Wildman–Crippen LogP) is 3.10. The molecule has 1 aromatic heterocycles. The van der Waals surface area contributed by atoms with E-state index in [2.05, 4.69) is 15.5 Å². The number of benzene rings is 2. The van der Waals surface area contributed by atoms with E-state index in [1.165, 1.54) is 0 Å². The number of carbonyl (C=O) groups is 1. The fraction of sp³-hybridized carbons (Fsp3) is 0.111. The molecule has 2 aromatic carbocycles. The summed E-state index contributed by atoms with van der Waals surface area (Å²) in [5.41, 5.74) is 4.92. The third-order valence-corrected chi connectivity index (χ3v) is 4.09. The molecule has 2 heterocycles. The van der Waals surface area contributed by atoms with Crippen molar-refractivity contribution in [2.24, 2.45) is 0 Å². The Labute approximate surface area is 128 Å². The SMILES string of the molecule is O=C1NC(c2[nH]ncc2-c2ccccc2)Cc2ccccc21. The van der Waals surface area contributed by atoms with Gasteiger partial charge in [0.1, 0.15) is 0 Å². The average Bonchev–Trinajstić information content (AvgIpc) is 3.05. The van der Waals surface area contributed by atoms with Crippen LogP contribution in [0.3, 0.4) is 0 Å². The van der Waals surface area contributed by atoms with Crippen molar-refractivity contribution in [3.63, 3.8) is 0 Å². The summed E-state index contributed by atoms with van der Waals surface area (Å²) < 4.78 is 0. The zero-order valence-corrected chi connectivity index (χ0v) is 11.9. The number of hydrogen-bond acceptors (Lipinski definition) is 2. The van der Waals surface area contributed by atoms with Gasteiger partial charge < -0.3 is 5.32 Å². The third kappa shape index (κ3) is 2.09. The van der Waals surface area contributed by atoms with Gasteiger partial charge >= 0.3 is 0 Å². The Balaban J connectivity index is 1.73. The van der Waals surface area contributed by atoms with Crippen LogP contribution in [0.1, 0.15) is 27.7 Å². The lowest BCUT2D eigenvalue weighted by atomic mass is 9.91. The number of aromatic nitrogens is 2. The number of fused-ring (bicyclic) bond motifs is 1. The van der Waals surface area contributed by atoms with Crippen LogP contribution in [0.5, 0.6) is 0 Å². The largest absolute Gasteiger partial charge is 0.343 e. The van der Waals surface area contributed by atoms with Gasteiger partial charge in [0.25, 0.3) is 5.91 Å². The molecule has 3 aromatic rings. The quantitative estimate of drug-likeness (QED) is 0.761. The highest BCUT2D eigenvalue weighted by molar-refractivity contribution is 5.97.